The topological polar surface area (TPSA) is 81.4 Å². The summed E-state index contributed by atoms with van der Waals surface area (Å²) in [6.07, 6.45) is 0. The number of hydrogen-bond acceptors (Lipinski definition) is 5. The third-order valence-electron chi connectivity index (χ3n) is 3.03. The largest absolute Gasteiger partial charge is 0.505 e. The highest BCUT2D eigenvalue weighted by atomic mass is 16.5. The fourth-order valence-electron chi connectivity index (χ4n) is 1.94. The summed E-state index contributed by atoms with van der Waals surface area (Å²) < 4.78 is 5.85. The van der Waals surface area contributed by atoms with Crippen molar-refractivity contribution in [2.45, 2.75) is 13.8 Å². The molecule has 0 bridgehead atoms. The second kappa shape index (κ2) is 5.78. The van der Waals surface area contributed by atoms with Crippen LogP contribution < -0.4 is 5.56 Å². The number of ether oxygens (including phenoxy) is 1. The SMILES string of the molecule is CCOC(=O)c1nn(C)c(=O)c(-c2ccc(C)cc2)c1O. The molecular formula is C15H16N2O4. The van der Waals surface area contributed by atoms with E-state index in [0.29, 0.717) is 5.56 Å². The first-order chi connectivity index (χ1) is 9.95. The van der Waals surface area contributed by atoms with Gasteiger partial charge in [0.05, 0.1) is 12.2 Å². The second-order valence-electron chi connectivity index (χ2n) is 4.59. The van der Waals surface area contributed by atoms with Gasteiger partial charge in [0.2, 0.25) is 5.69 Å². The van der Waals surface area contributed by atoms with E-state index in [-0.39, 0.29) is 17.9 Å². The zero-order valence-corrected chi connectivity index (χ0v) is 12.1. The maximum Gasteiger partial charge on any atom is 0.362 e. The van der Waals surface area contributed by atoms with Crippen LogP contribution in [0, 0.1) is 6.92 Å². The van der Waals surface area contributed by atoms with Crippen LogP contribution in [0.2, 0.25) is 0 Å². The molecule has 1 N–H and O–H groups in total. The number of esters is 1. The highest BCUT2D eigenvalue weighted by Gasteiger charge is 2.22. The lowest BCUT2D eigenvalue weighted by atomic mass is 10.0. The van der Waals surface area contributed by atoms with Gasteiger partial charge in [0, 0.05) is 7.05 Å². The Bertz CT molecular complexity index is 733. The van der Waals surface area contributed by atoms with Gasteiger partial charge in [-0.1, -0.05) is 29.8 Å². The molecule has 0 spiro atoms. The van der Waals surface area contributed by atoms with E-state index >= 15 is 0 Å². The Morgan fingerprint density at radius 3 is 2.52 bits per heavy atom. The highest BCUT2D eigenvalue weighted by Crippen LogP contribution is 2.28. The van der Waals surface area contributed by atoms with Crippen molar-refractivity contribution < 1.29 is 14.6 Å². The van der Waals surface area contributed by atoms with Gasteiger partial charge in [-0.3, -0.25) is 4.79 Å². The van der Waals surface area contributed by atoms with Gasteiger partial charge in [0.15, 0.2) is 5.75 Å². The molecule has 0 aliphatic rings. The minimum atomic E-state index is -0.765. The van der Waals surface area contributed by atoms with E-state index in [1.165, 1.54) is 7.05 Å². The Balaban J connectivity index is 2.68. The van der Waals surface area contributed by atoms with Crippen LogP contribution in [0.1, 0.15) is 23.0 Å². The van der Waals surface area contributed by atoms with Crippen LogP contribution >= 0.6 is 0 Å². The number of hydrogen-bond donors (Lipinski definition) is 1. The summed E-state index contributed by atoms with van der Waals surface area (Å²) in [5, 5.41) is 14.0. The summed E-state index contributed by atoms with van der Waals surface area (Å²) in [7, 11) is 1.42. The van der Waals surface area contributed by atoms with Crippen molar-refractivity contribution in [3.8, 4) is 16.9 Å². The van der Waals surface area contributed by atoms with Crippen LogP contribution in [0.5, 0.6) is 5.75 Å². The molecule has 6 nitrogen and oxygen atoms in total. The van der Waals surface area contributed by atoms with Crippen molar-refractivity contribution in [2.75, 3.05) is 6.61 Å². The highest BCUT2D eigenvalue weighted by molar-refractivity contribution is 5.92. The predicted octanol–water partition coefficient (Wildman–Crippen LogP) is 1.64. The maximum absolute atomic E-state index is 12.2. The van der Waals surface area contributed by atoms with Crippen molar-refractivity contribution in [3.63, 3.8) is 0 Å². The Morgan fingerprint density at radius 2 is 1.95 bits per heavy atom. The fourth-order valence-corrected chi connectivity index (χ4v) is 1.94. The number of aromatic hydroxyl groups is 1. The van der Waals surface area contributed by atoms with Gasteiger partial charge in [0.1, 0.15) is 0 Å². The summed E-state index contributed by atoms with van der Waals surface area (Å²) >= 11 is 0. The lowest BCUT2D eigenvalue weighted by Gasteiger charge is -2.10. The van der Waals surface area contributed by atoms with Gasteiger partial charge in [-0.15, -0.1) is 0 Å². The van der Waals surface area contributed by atoms with E-state index in [9.17, 15) is 14.7 Å². The molecule has 1 aromatic carbocycles. The number of benzene rings is 1. The van der Waals surface area contributed by atoms with Crippen LogP contribution in [0.4, 0.5) is 0 Å². The maximum atomic E-state index is 12.2. The van der Waals surface area contributed by atoms with Crippen LogP contribution in [0.15, 0.2) is 29.1 Å². The molecule has 0 aliphatic heterocycles. The molecular weight excluding hydrogens is 272 g/mol. The molecule has 0 aliphatic carbocycles. The standard InChI is InChI=1S/C15H16N2O4/c1-4-21-15(20)12-13(18)11(14(19)17(3)16-12)10-7-5-9(2)6-8-10/h5-8,18H,4H2,1-3H3. The molecule has 0 saturated carbocycles. The van der Waals surface area contributed by atoms with E-state index < -0.39 is 17.3 Å². The third-order valence-corrected chi connectivity index (χ3v) is 3.03. The van der Waals surface area contributed by atoms with E-state index in [0.717, 1.165) is 10.2 Å². The lowest BCUT2D eigenvalue weighted by Crippen LogP contribution is -2.25. The Hall–Kier alpha value is -2.63. The molecule has 21 heavy (non-hydrogen) atoms. The smallest absolute Gasteiger partial charge is 0.362 e. The van der Waals surface area contributed by atoms with Crippen molar-refractivity contribution in [1.29, 1.82) is 0 Å². The van der Waals surface area contributed by atoms with Crippen molar-refractivity contribution in [3.05, 3.63) is 45.9 Å². The second-order valence-corrected chi connectivity index (χ2v) is 4.59. The molecule has 2 rings (SSSR count). The Morgan fingerprint density at radius 1 is 1.33 bits per heavy atom. The monoisotopic (exact) mass is 288 g/mol. The number of rotatable bonds is 3. The summed E-state index contributed by atoms with van der Waals surface area (Å²) in [6, 6.07) is 7.05. The average Bonchev–Trinajstić information content (AvgIpc) is 2.45. The van der Waals surface area contributed by atoms with E-state index in [4.69, 9.17) is 4.74 Å². The number of nitrogens with zero attached hydrogens (tertiary/aromatic N) is 2. The number of aromatic nitrogens is 2. The fraction of sp³-hybridized carbons (Fsp3) is 0.267. The first-order valence-electron chi connectivity index (χ1n) is 6.50. The first kappa shape index (κ1) is 14.8. The number of carbonyl (C=O) groups excluding carboxylic acids is 1. The summed E-state index contributed by atoms with van der Waals surface area (Å²) in [5.41, 5.74) is 0.830. The molecule has 0 amide bonds. The van der Waals surface area contributed by atoms with Crippen LogP contribution in [0.25, 0.3) is 11.1 Å². The van der Waals surface area contributed by atoms with Crippen LogP contribution in [0.3, 0.4) is 0 Å². The van der Waals surface area contributed by atoms with Crippen molar-refractivity contribution >= 4 is 5.97 Å². The van der Waals surface area contributed by atoms with Crippen molar-refractivity contribution in [2.24, 2.45) is 7.05 Å². The molecule has 0 radical (unpaired) electrons. The zero-order valence-electron chi connectivity index (χ0n) is 12.1. The van der Waals surface area contributed by atoms with E-state index in [1.54, 1.807) is 19.1 Å². The average molecular weight is 288 g/mol. The summed E-state index contributed by atoms with van der Waals surface area (Å²) in [5.74, 6) is -1.22. The summed E-state index contributed by atoms with van der Waals surface area (Å²) in [6.45, 7) is 3.72. The van der Waals surface area contributed by atoms with Crippen LogP contribution in [-0.2, 0) is 11.8 Å². The van der Waals surface area contributed by atoms with Gasteiger partial charge in [-0.05, 0) is 19.4 Å². The molecule has 0 fully saturated rings. The number of aryl methyl sites for hydroxylation is 2. The van der Waals surface area contributed by atoms with Gasteiger partial charge >= 0.3 is 5.97 Å². The molecule has 1 heterocycles. The van der Waals surface area contributed by atoms with Gasteiger partial charge in [-0.2, -0.15) is 5.10 Å². The molecule has 110 valence electrons. The Labute approximate surface area is 121 Å². The summed E-state index contributed by atoms with van der Waals surface area (Å²) in [4.78, 5) is 24.0. The minimum absolute atomic E-state index is 0.0375. The molecule has 0 atom stereocenters. The molecule has 0 saturated heterocycles. The van der Waals surface area contributed by atoms with Crippen LogP contribution in [-0.4, -0.2) is 27.5 Å². The zero-order chi connectivity index (χ0) is 15.6. The van der Waals surface area contributed by atoms with E-state index in [1.807, 2.05) is 19.1 Å². The molecule has 2 aromatic rings. The normalized spacial score (nSPS) is 10.4. The quantitative estimate of drug-likeness (QED) is 0.868. The van der Waals surface area contributed by atoms with Gasteiger partial charge < -0.3 is 9.84 Å². The predicted molar refractivity (Wildman–Crippen MR) is 77.3 cm³/mol. The lowest BCUT2D eigenvalue weighted by molar-refractivity contribution is 0.0513. The van der Waals surface area contributed by atoms with Gasteiger partial charge in [0.25, 0.3) is 5.56 Å². The van der Waals surface area contributed by atoms with Crippen molar-refractivity contribution in [1.82, 2.24) is 9.78 Å². The number of carbonyl (C=O) groups is 1. The van der Waals surface area contributed by atoms with E-state index in [2.05, 4.69) is 5.10 Å². The molecule has 0 unspecified atom stereocenters. The Kier molecular flexibility index (Phi) is 4.07. The molecule has 1 aromatic heterocycles. The molecule has 6 heteroatoms. The first-order valence-corrected chi connectivity index (χ1v) is 6.50. The minimum Gasteiger partial charge on any atom is -0.505 e. The van der Waals surface area contributed by atoms with Gasteiger partial charge in [-0.25, -0.2) is 9.48 Å². The third kappa shape index (κ3) is 2.79.